The predicted molar refractivity (Wildman–Crippen MR) is 107 cm³/mol. The van der Waals surface area contributed by atoms with Crippen LogP contribution in [0.2, 0.25) is 5.02 Å². The van der Waals surface area contributed by atoms with Crippen molar-refractivity contribution in [1.29, 1.82) is 0 Å². The highest BCUT2D eigenvalue weighted by atomic mass is 35.5. The monoisotopic (exact) mass is 425 g/mol. The fraction of sp³-hybridized carbons (Fsp3) is 0.571. The van der Waals surface area contributed by atoms with Crippen LogP contribution in [-0.2, 0) is 30.4 Å². The van der Waals surface area contributed by atoms with Gasteiger partial charge in [-0.2, -0.15) is 0 Å². The number of benzene rings is 1. The zero-order valence-corrected chi connectivity index (χ0v) is 17.8. The first-order valence-corrected chi connectivity index (χ1v) is 10.1. The summed E-state index contributed by atoms with van der Waals surface area (Å²) in [6, 6.07) is 5.60. The number of hydrogen-bond acceptors (Lipinski definition) is 6. The molecule has 1 aromatic rings. The number of ether oxygens (including phenoxy) is 3. The van der Waals surface area contributed by atoms with Gasteiger partial charge in [-0.15, -0.1) is 0 Å². The predicted octanol–water partition coefficient (Wildman–Crippen LogP) is 4.15. The van der Waals surface area contributed by atoms with Crippen LogP contribution in [0, 0.1) is 0 Å². The van der Waals surface area contributed by atoms with Crippen molar-refractivity contribution >= 4 is 29.6 Å². The number of rotatable bonds is 7. The van der Waals surface area contributed by atoms with Crippen LogP contribution in [0.25, 0.3) is 0 Å². The summed E-state index contributed by atoms with van der Waals surface area (Å²) < 4.78 is 15.9. The van der Waals surface area contributed by atoms with E-state index < -0.39 is 29.7 Å². The molecule has 1 aliphatic carbocycles. The summed E-state index contributed by atoms with van der Waals surface area (Å²) in [5.74, 6) is -1.30. The molecule has 0 heterocycles. The normalized spacial score (nSPS) is 15.4. The minimum atomic E-state index is -1.20. The van der Waals surface area contributed by atoms with Crippen molar-refractivity contribution in [2.45, 2.75) is 77.2 Å². The van der Waals surface area contributed by atoms with Crippen LogP contribution < -0.4 is 5.32 Å². The molecule has 0 bridgehead atoms. The number of halogens is 1. The molecule has 1 atom stereocenters. The molecule has 29 heavy (non-hydrogen) atoms. The molecule has 1 amide bonds. The topological polar surface area (TPSA) is 90.9 Å². The Balaban J connectivity index is 1.97. The molecule has 1 fully saturated rings. The molecule has 0 aliphatic heterocycles. The number of hydrogen-bond donors (Lipinski definition) is 1. The van der Waals surface area contributed by atoms with Gasteiger partial charge in [0.1, 0.15) is 24.4 Å². The number of esters is 2. The van der Waals surface area contributed by atoms with Gasteiger partial charge in [0.05, 0.1) is 6.42 Å². The van der Waals surface area contributed by atoms with E-state index in [1.165, 1.54) is 0 Å². The van der Waals surface area contributed by atoms with Gasteiger partial charge < -0.3 is 19.5 Å². The highest BCUT2D eigenvalue weighted by molar-refractivity contribution is 6.30. The first-order valence-electron chi connectivity index (χ1n) is 9.72. The Labute approximate surface area is 176 Å². The van der Waals surface area contributed by atoms with E-state index in [9.17, 15) is 14.4 Å². The Kier molecular flexibility index (Phi) is 8.32. The van der Waals surface area contributed by atoms with Gasteiger partial charge in [-0.25, -0.2) is 9.59 Å². The van der Waals surface area contributed by atoms with Crippen molar-refractivity contribution in [3.63, 3.8) is 0 Å². The summed E-state index contributed by atoms with van der Waals surface area (Å²) >= 11 is 5.84. The lowest BCUT2D eigenvalue weighted by atomic mass is 10.2. The van der Waals surface area contributed by atoms with Crippen molar-refractivity contribution in [3.8, 4) is 0 Å². The second-order valence-corrected chi connectivity index (χ2v) is 8.47. The number of nitrogens with one attached hydrogen (secondary N) is 1. The van der Waals surface area contributed by atoms with Gasteiger partial charge in [0, 0.05) is 5.02 Å². The van der Waals surface area contributed by atoms with Crippen LogP contribution in [0.4, 0.5) is 4.79 Å². The standard InChI is InChI=1S/C21H28ClNO6/c1-21(2,3)29-20(26)23-17(12-18(24)28-16-6-4-5-7-16)19(25)27-13-14-8-10-15(22)11-9-14/h8-11,16-17H,4-7,12-13H2,1-3H3,(H,23,26)/t17-/m0/s1. The average Bonchev–Trinajstić information content (AvgIpc) is 3.11. The molecule has 1 saturated carbocycles. The maximum Gasteiger partial charge on any atom is 0.408 e. The first kappa shape index (κ1) is 23.0. The number of carbonyl (C=O) groups is 3. The molecule has 1 aliphatic rings. The molecule has 2 rings (SSSR count). The van der Waals surface area contributed by atoms with E-state index in [4.69, 9.17) is 25.8 Å². The summed E-state index contributed by atoms with van der Waals surface area (Å²) in [5, 5.41) is 2.99. The Morgan fingerprint density at radius 3 is 2.34 bits per heavy atom. The quantitative estimate of drug-likeness (QED) is 0.521. The average molecular weight is 426 g/mol. The lowest BCUT2D eigenvalue weighted by molar-refractivity contribution is -0.156. The molecule has 0 spiro atoms. The Hall–Kier alpha value is -2.28. The van der Waals surface area contributed by atoms with Gasteiger partial charge in [0.25, 0.3) is 0 Å². The van der Waals surface area contributed by atoms with E-state index in [0.29, 0.717) is 5.02 Å². The molecule has 0 saturated heterocycles. The molecular weight excluding hydrogens is 398 g/mol. The fourth-order valence-corrected chi connectivity index (χ4v) is 3.01. The van der Waals surface area contributed by atoms with Gasteiger partial charge >= 0.3 is 18.0 Å². The smallest absolute Gasteiger partial charge is 0.408 e. The van der Waals surface area contributed by atoms with Crippen LogP contribution in [0.15, 0.2) is 24.3 Å². The van der Waals surface area contributed by atoms with Gasteiger partial charge in [-0.05, 0) is 64.2 Å². The molecule has 1 N–H and O–H groups in total. The second kappa shape index (κ2) is 10.5. The van der Waals surface area contributed by atoms with Crippen LogP contribution in [0.5, 0.6) is 0 Å². The molecule has 0 radical (unpaired) electrons. The summed E-state index contributed by atoms with van der Waals surface area (Å²) in [5.41, 5.74) is -0.0149. The van der Waals surface area contributed by atoms with Gasteiger partial charge in [-0.1, -0.05) is 23.7 Å². The van der Waals surface area contributed by atoms with Crippen molar-refractivity contribution < 1.29 is 28.6 Å². The lowest BCUT2D eigenvalue weighted by Crippen LogP contribution is -2.45. The Bertz CT molecular complexity index is 707. The van der Waals surface area contributed by atoms with Crippen LogP contribution >= 0.6 is 11.6 Å². The summed E-state index contributed by atoms with van der Waals surface area (Å²) in [4.78, 5) is 36.9. The number of amides is 1. The summed E-state index contributed by atoms with van der Waals surface area (Å²) in [6.45, 7) is 5.10. The van der Waals surface area contributed by atoms with Gasteiger partial charge in [-0.3, -0.25) is 4.79 Å². The van der Waals surface area contributed by atoms with Crippen molar-refractivity contribution in [1.82, 2.24) is 5.32 Å². The zero-order chi connectivity index (χ0) is 21.4. The Morgan fingerprint density at radius 2 is 1.76 bits per heavy atom. The second-order valence-electron chi connectivity index (χ2n) is 8.03. The molecule has 7 nitrogen and oxygen atoms in total. The SMILES string of the molecule is CC(C)(C)OC(=O)N[C@@H](CC(=O)OC1CCCC1)C(=O)OCc1ccc(Cl)cc1. The van der Waals surface area contributed by atoms with E-state index in [-0.39, 0.29) is 19.1 Å². The summed E-state index contributed by atoms with van der Waals surface area (Å²) in [7, 11) is 0. The van der Waals surface area contributed by atoms with Gasteiger partial charge in [0.2, 0.25) is 0 Å². The molecule has 160 valence electrons. The minimum Gasteiger partial charge on any atom is -0.462 e. The van der Waals surface area contributed by atoms with Crippen molar-refractivity contribution in [3.05, 3.63) is 34.9 Å². The minimum absolute atomic E-state index is 0.0137. The largest absolute Gasteiger partial charge is 0.462 e. The third kappa shape index (κ3) is 8.73. The van der Waals surface area contributed by atoms with E-state index in [2.05, 4.69) is 5.32 Å². The maximum atomic E-state index is 12.5. The zero-order valence-electron chi connectivity index (χ0n) is 17.0. The number of alkyl carbamates (subject to hydrolysis) is 1. The first-order chi connectivity index (χ1) is 13.6. The van der Waals surface area contributed by atoms with Crippen LogP contribution in [-0.4, -0.2) is 35.8 Å². The lowest BCUT2D eigenvalue weighted by Gasteiger charge is -2.23. The summed E-state index contributed by atoms with van der Waals surface area (Å²) in [6.07, 6.45) is 2.40. The van der Waals surface area contributed by atoms with Crippen molar-refractivity contribution in [2.75, 3.05) is 0 Å². The van der Waals surface area contributed by atoms with E-state index in [1.807, 2.05) is 0 Å². The third-order valence-corrected chi connectivity index (χ3v) is 4.49. The highest BCUT2D eigenvalue weighted by Crippen LogP contribution is 2.21. The maximum absolute atomic E-state index is 12.5. The van der Waals surface area contributed by atoms with Crippen LogP contribution in [0.3, 0.4) is 0 Å². The molecule has 0 unspecified atom stereocenters. The van der Waals surface area contributed by atoms with E-state index in [1.54, 1.807) is 45.0 Å². The fourth-order valence-electron chi connectivity index (χ4n) is 2.89. The molecule has 0 aromatic heterocycles. The molecule has 8 heteroatoms. The molecular formula is C21H28ClNO6. The van der Waals surface area contributed by atoms with Crippen molar-refractivity contribution in [2.24, 2.45) is 0 Å². The Morgan fingerprint density at radius 1 is 1.14 bits per heavy atom. The highest BCUT2D eigenvalue weighted by Gasteiger charge is 2.30. The number of carbonyl (C=O) groups excluding carboxylic acids is 3. The third-order valence-electron chi connectivity index (χ3n) is 4.24. The molecule has 1 aromatic carbocycles. The van der Waals surface area contributed by atoms with E-state index >= 15 is 0 Å². The van der Waals surface area contributed by atoms with Gasteiger partial charge in [0.15, 0.2) is 0 Å². The van der Waals surface area contributed by atoms with Crippen LogP contribution in [0.1, 0.15) is 58.4 Å². The van der Waals surface area contributed by atoms with E-state index in [0.717, 1.165) is 31.2 Å².